The molecule has 0 amide bonds. The number of aryl methyl sites for hydroxylation is 3. The number of fused-ring (bicyclic) bond motifs is 3. The van der Waals surface area contributed by atoms with E-state index in [9.17, 15) is 0 Å². The highest BCUT2D eigenvalue weighted by Crippen LogP contribution is 2.26. The minimum atomic E-state index is 0.749. The zero-order valence-corrected chi connectivity index (χ0v) is 17.3. The minimum Gasteiger partial charge on any atom is -0.238 e. The summed E-state index contributed by atoms with van der Waals surface area (Å²) in [5.74, 6) is 1.55. The zero-order chi connectivity index (χ0) is 20.0. The molecule has 6 nitrogen and oxygen atoms in total. The molecule has 3 aromatic heterocycles. The Kier molecular flexibility index (Phi) is 4.32. The van der Waals surface area contributed by atoms with Crippen LogP contribution >= 0.6 is 11.8 Å². The molecule has 3 heterocycles. The molecule has 5 rings (SSSR count). The lowest BCUT2D eigenvalue weighted by atomic mass is 10.2. The molecule has 0 N–H and O–H groups in total. The molecule has 0 aliphatic carbocycles. The third-order valence-corrected chi connectivity index (χ3v) is 5.81. The Labute approximate surface area is 172 Å². The van der Waals surface area contributed by atoms with Crippen molar-refractivity contribution < 1.29 is 0 Å². The normalized spacial score (nSPS) is 11.6. The standard InChI is InChI=1S/C22H20N6S/c1-14-12-15(2)27(25-14)18-10-8-17(9-11-18)13-29-22-24-20-7-5-4-6-19(20)21-23-16(3)26-28(21)22/h4-12H,13H2,1-3H3. The molecule has 0 spiro atoms. The number of para-hydroxylation sites is 1. The Bertz CT molecular complexity index is 1330. The van der Waals surface area contributed by atoms with Crippen LogP contribution < -0.4 is 0 Å². The summed E-state index contributed by atoms with van der Waals surface area (Å²) in [5, 5.41) is 11.0. The van der Waals surface area contributed by atoms with Gasteiger partial charge in [0.15, 0.2) is 10.8 Å². The van der Waals surface area contributed by atoms with Crippen LogP contribution in [0.1, 0.15) is 22.8 Å². The van der Waals surface area contributed by atoms with Crippen molar-refractivity contribution in [3.05, 3.63) is 77.4 Å². The van der Waals surface area contributed by atoms with Gasteiger partial charge in [-0.2, -0.15) is 9.61 Å². The van der Waals surface area contributed by atoms with Crippen molar-refractivity contribution in [3.8, 4) is 5.69 Å². The first-order valence-corrected chi connectivity index (χ1v) is 10.4. The predicted molar refractivity (Wildman–Crippen MR) is 116 cm³/mol. The number of rotatable bonds is 4. The maximum absolute atomic E-state index is 4.82. The van der Waals surface area contributed by atoms with Crippen LogP contribution in [0.4, 0.5) is 0 Å². The summed E-state index contributed by atoms with van der Waals surface area (Å²) in [6, 6.07) is 18.7. The number of hydrogen-bond acceptors (Lipinski definition) is 5. The van der Waals surface area contributed by atoms with Crippen LogP contribution in [0, 0.1) is 20.8 Å². The SMILES string of the molecule is Cc1cc(C)n(-c2ccc(CSc3nc4ccccc4c4nc(C)nn34)cc2)n1. The molecule has 2 aromatic carbocycles. The number of aromatic nitrogens is 6. The van der Waals surface area contributed by atoms with E-state index in [4.69, 9.17) is 4.98 Å². The molecule has 0 fully saturated rings. The topological polar surface area (TPSA) is 60.9 Å². The minimum absolute atomic E-state index is 0.749. The monoisotopic (exact) mass is 400 g/mol. The van der Waals surface area contributed by atoms with Crippen LogP contribution in [-0.4, -0.2) is 29.4 Å². The van der Waals surface area contributed by atoms with E-state index in [-0.39, 0.29) is 0 Å². The third kappa shape index (κ3) is 3.27. The third-order valence-electron chi connectivity index (χ3n) is 4.81. The maximum atomic E-state index is 4.82. The molecule has 0 bridgehead atoms. The summed E-state index contributed by atoms with van der Waals surface area (Å²) < 4.78 is 3.82. The summed E-state index contributed by atoms with van der Waals surface area (Å²) in [6.07, 6.45) is 0. The van der Waals surface area contributed by atoms with E-state index in [0.29, 0.717) is 0 Å². The first-order chi connectivity index (χ1) is 14.1. The fourth-order valence-corrected chi connectivity index (χ4v) is 4.40. The van der Waals surface area contributed by atoms with E-state index in [1.54, 1.807) is 11.8 Å². The van der Waals surface area contributed by atoms with Gasteiger partial charge < -0.3 is 0 Å². The van der Waals surface area contributed by atoms with Gasteiger partial charge in [0.2, 0.25) is 0 Å². The summed E-state index contributed by atoms with van der Waals surface area (Å²) >= 11 is 1.67. The van der Waals surface area contributed by atoms with Crippen LogP contribution in [0.25, 0.3) is 22.2 Å². The molecule has 29 heavy (non-hydrogen) atoms. The molecular weight excluding hydrogens is 380 g/mol. The average molecular weight is 401 g/mol. The molecule has 0 radical (unpaired) electrons. The summed E-state index contributed by atoms with van der Waals surface area (Å²) in [4.78, 5) is 9.42. The van der Waals surface area contributed by atoms with Crippen LogP contribution in [-0.2, 0) is 5.75 Å². The molecule has 0 saturated heterocycles. The molecular formula is C22H20N6S. The van der Waals surface area contributed by atoms with Gasteiger partial charge in [0.1, 0.15) is 5.82 Å². The summed E-state index contributed by atoms with van der Waals surface area (Å²) in [6.45, 7) is 5.99. The smallest absolute Gasteiger partial charge is 0.191 e. The predicted octanol–water partition coefficient (Wildman–Crippen LogP) is 4.68. The van der Waals surface area contributed by atoms with E-state index in [1.165, 1.54) is 5.56 Å². The zero-order valence-electron chi connectivity index (χ0n) is 16.5. The van der Waals surface area contributed by atoms with E-state index >= 15 is 0 Å². The van der Waals surface area contributed by atoms with E-state index in [0.717, 1.165) is 50.4 Å². The van der Waals surface area contributed by atoms with Gasteiger partial charge in [-0.05, 0) is 56.7 Å². The van der Waals surface area contributed by atoms with Crippen molar-refractivity contribution in [2.45, 2.75) is 31.7 Å². The van der Waals surface area contributed by atoms with E-state index in [2.05, 4.69) is 52.4 Å². The number of benzene rings is 2. The first-order valence-electron chi connectivity index (χ1n) is 9.46. The lowest BCUT2D eigenvalue weighted by molar-refractivity contribution is 0.797. The average Bonchev–Trinajstić information content (AvgIpc) is 3.28. The molecule has 0 saturated carbocycles. The van der Waals surface area contributed by atoms with Gasteiger partial charge in [0.05, 0.1) is 16.9 Å². The van der Waals surface area contributed by atoms with E-state index in [1.807, 2.05) is 47.3 Å². The second-order valence-corrected chi connectivity index (χ2v) is 8.04. The van der Waals surface area contributed by atoms with Crippen molar-refractivity contribution in [1.82, 2.24) is 29.4 Å². The molecule has 0 aliphatic heterocycles. The lowest BCUT2D eigenvalue weighted by Crippen LogP contribution is -2.00. The second-order valence-electron chi connectivity index (χ2n) is 7.10. The lowest BCUT2D eigenvalue weighted by Gasteiger charge is -2.08. The molecule has 0 unspecified atom stereocenters. The van der Waals surface area contributed by atoms with E-state index < -0.39 is 0 Å². The number of nitrogens with zero attached hydrogens (tertiary/aromatic N) is 6. The van der Waals surface area contributed by atoms with Crippen molar-refractivity contribution in [2.75, 3.05) is 0 Å². The van der Waals surface area contributed by atoms with Gasteiger partial charge in [0.25, 0.3) is 0 Å². The molecule has 144 valence electrons. The van der Waals surface area contributed by atoms with Crippen molar-refractivity contribution in [2.24, 2.45) is 0 Å². The highest BCUT2D eigenvalue weighted by atomic mass is 32.2. The van der Waals surface area contributed by atoms with Gasteiger partial charge in [0, 0.05) is 16.8 Å². The second kappa shape index (κ2) is 7.00. The summed E-state index contributed by atoms with van der Waals surface area (Å²) in [5.41, 5.74) is 6.25. The Morgan fingerprint density at radius 3 is 2.45 bits per heavy atom. The Morgan fingerprint density at radius 2 is 1.69 bits per heavy atom. The van der Waals surface area contributed by atoms with Gasteiger partial charge in [-0.3, -0.25) is 0 Å². The Morgan fingerprint density at radius 1 is 0.897 bits per heavy atom. The highest BCUT2D eigenvalue weighted by molar-refractivity contribution is 7.98. The highest BCUT2D eigenvalue weighted by Gasteiger charge is 2.12. The fraction of sp³-hybridized carbons (Fsp3) is 0.182. The molecule has 5 aromatic rings. The van der Waals surface area contributed by atoms with Crippen molar-refractivity contribution in [1.29, 1.82) is 0 Å². The first kappa shape index (κ1) is 17.9. The van der Waals surface area contributed by atoms with Gasteiger partial charge in [-0.25, -0.2) is 14.6 Å². The molecule has 0 aliphatic rings. The van der Waals surface area contributed by atoms with Crippen LogP contribution in [0.3, 0.4) is 0 Å². The number of hydrogen-bond donors (Lipinski definition) is 0. The Balaban J connectivity index is 1.43. The summed E-state index contributed by atoms with van der Waals surface area (Å²) in [7, 11) is 0. The van der Waals surface area contributed by atoms with Gasteiger partial charge in [-0.1, -0.05) is 36.0 Å². The van der Waals surface area contributed by atoms with Gasteiger partial charge >= 0.3 is 0 Å². The van der Waals surface area contributed by atoms with Crippen LogP contribution in [0.15, 0.2) is 59.8 Å². The van der Waals surface area contributed by atoms with Crippen LogP contribution in [0.5, 0.6) is 0 Å². The maximum Gasteiger partial charge on any atom is 0.191 e. The quantitative estimate of drug-likeness (QED) is 0.324. The number of thioether (sulfide) groups is 1. The van der Waals surface area contributed by atoms with Crippen molar-refractivity contribution >= 4 is 28.3 Å². The molecule has 7 heteroatoms. The molecule has 0 atom stereocenters. The Hall–Kier alpha value is -3.19. The fourth-order valence-electron chi connectivity index (χ4n) is 3.50. The van der Waals surface area contributed by atoms with Crippen LogP contribution in [0.2, 0.25) is 0 Å². The van der Waals surface area contributed by atoms with Gasteiger partial charge in [-0.15, -0.1) is 5.10 Å². The van der Waals surface area contributed by atoms with Crippen molar-refractivity contribution in [3.63, 3.8) is 0 Å². The largest absolute Gasteiger partial charge is 0.238 e.